The monoisotopic (exact) mass is 297 g/mol. The van der Waals surface area contributed by atoms with Crippen molar-refractivity contribution in [1.82, 2.24) is 0 Å². The van der Waals surface area contributed by atoms with Gasteiger partial charge in [0.2, 0.25) is 0 Å². The third-order valence-corrected chi connectivity index (χ3v) is 5.01. The third kappa shape index (κ3) is 3.95. The van der Waals surface area contributed by atoms with Gasteiger partial charge in [0.15, 0.2) is 0 Å². The lowest BCUT2D eigenvalue weighted by Crippen LogP contribution is -2.45. The second kappa shape index (κ2) is 6.91. The van der Waals surface area contributed by atoms with Crippen molar-refractivity contribution in [1.29, 1.82) is 0 Å². The molecule has 0 unspecified atom stereocenters. The SMILES string of the molecule is CCCCC1CCC(N)(Cc2c(F)cccc2Cl)CC1. The molecule has 0 aromatic heterocycles. The molecular weight excluding hydrogens is 273 g/mol. The van der Waals surface area contributed by atoms with Crippen LogP contribution >= 0.6 is 11.6 Å². The summed E-state index contributed by atoms with van der Waals surface area (Å²) in [5.41, 5.74) is 6.80. The van der Waals surface area contributed by atoms with Gasteiger partial charge in [-0.1, -0.05) is 43.9 Å². The van der Waals surface area contributed by atoms with Crippen LogP contribution in [0.15, 0.2) is 18.2 Å². The Balaban J connectivity index is 1.96. The van der Waals surface area contributed by atoms with Crippen LogP contribution in [0.25, 0.3) is 0 Å². The Morgan fingerprint density at radius 2 is 2.05 bits per heavy atom. The molecule has 1 saturated carbocycles. The Bertz CT molecular complexity index is 418. The molecule has 1 aromatic rings. The van der Waals surface area contributed by atoms with Crippen LogP contribution in [-0.4, -0.2) is 5.54 Å². The van der Waals surface area contributed by atoms with Crippen molar-refractivity contribution in [2.75, 3.05) is 0 Å². The van der Waals surface area contributed by atoms with Crippen LogP contribution in [0.4, 0.5) is 4.39 Å². The average Bonchev–Trinajstić information content (AvgIpc) is 2.43. The van der Waals surface area contributed by atoms with Crippen LogP contribution in [0, 0.1) is 11.7 Å². The molecule has 0 amide bonds. The van der Waals surface area contributed by atoms with E-state index in [0.717, 1.165) is 18.8 Å². The van der Waals surface area contributed by atoms with Gasteiger partial charge in [-0.25, -0.2) is 4.39 Å². The predicted molar refractivity (Wildman–Crippen MR) is 83.5 cm³/mol. The van der Waals surface area contributed by atoms with E-state index < -0.39 is 0 Å². The molecule has 112 valence electrons. The van der Waals surface area contributed by atoms with Crippen LogP contribution < -0.4 is 5.73 Å². The first-order valence-electron chi connectivity index (χ1n) is 7.76. The Kier molecular flexibility index (Phi) is 5.45. The molecule has 1 fully saturated rings. The molecule has 1 aliphatic carbocycles. The molecule has 3 heteroatoms. The van der Waals surface area contributed by atoms with Crippen molar-refractivity contribution >= 4 is 11.6 Å². The van der Waals surface area contributed by atoms with Crippen molar-refractivity contribution in [3.05, 3.63) is 34.6 Å². The number of halogens is 2. The van der Waals surface area contributed by atoms with E-state index in [2.05, 4.69) is 6.92 Å². The van der Waals surface area contributed by atoms with Gasteiger partial charge in [-0.05, 0) is 50.2 Å². The molecule has 1 aromatic carbocycles. The van der Waals surface area contributed by atoms with Crippen LogP contribution in [0.5, 0.6) is 0 Å². The van der Waals surface area contributed by atoms with Gasteiger partial charge >= 0.3 is 0 Å². The highest BCUT2D eigenvalue weighted by Crippen LogP contribution is 2.36. The fraction of sp³-hybridized carbons (Fsp3) is 0.647. The molecule has 2 N–H and O–H groups in total. The van der Waals surface area contributed by atoms with E-state index in [9.17, 15) is 4.39 Å². The summed E-state index contributed by atoms with van der Waals surface area (Å²) < 4.78 is 13.9. The zero-order valence-electron chi connectivity index (χ0n) is 12.3. The molecule has 0 spiro atoms. The van der Waals surface area contributed by atoms with Crippen molar-refractivity contribution in [2.24, 2.45) is 11.7 Å². The summed E-state index contributed by atoms with van der Waals surface area (Å²) in [6.07, 6.45) is 8.73. The van der Waals surface area contributed by atoms with E-state index in [0.29, 0.717) is 17.0 Å². The maximum atomic E-state index is 13.9. The Morgan fingerprint density at radius 3 is 2.65 bits per heavy atom. The first-order chi connectivity index (χ1) is 9.54. The third-order valence-electron chi connectivity index (χ3n) is 4.66. The van der Waals surface area contributed by atoms with E-state index in [1.165, 1.54) is 38.2 Å². The van der Waals surface area contributed by atoms with E-state index in [4.69, 9.17) is 17.3 Å². The summed E-state index contributed by atoms with van der Waals surface area (Å²) in [4.78, 5) is 0. The summed E-state index contributed by atoms with van der Waals surface area (Å²) in [6, 6.07) is 4.86. The number of nitrogens with two attached hydrogens (primary N) is 1. The highest BCUT2D eigenvalue weighted by molar-refractivity contribution is 6.31. The smallest absolute Gasteiger partial charge is 0.127 e. The largest absolute Gasteiger partial charge is 0.325 e. The van der Waals surface area contributed by atoms with Crippen molar-refractivity contribution < 1.29 is 4.39 Å². The second-order valence-corrected chi connectivity index (χ2v) is 6.73. The topological polar surface area (TPSA) is 26.0 Å². The van der Waals surface area contributed by atoms with Crippen LogP contribution in [-0.2, 0) is 6.42 Å². The van der Waals surface area contributed by atoms with Gasteiger partial charge in [0, 0.05) is 16.1 Å². The zero-order valence-corrected chi connectivity index (χ0v) is 13.1. The highest BCUT2D eigenvalue weighted by atomic mass is 35.5. The molecule has 1 aliphatic rings. The average molecular weight is 298 g/mol. The maximum Gasteiger partial charge on any atom is 0.127 e. The van der Waals surface area contributed by atoms with Gasteiger partial charge in [-0.15, -0.1) is 0 Å². The first-order valence-corrected chi connectivity index (χ1v) is 8.13. The maximum absolute atomic E-state index is 13.9. The summed E-state index contributed by atoms with van der Waals surface area (Å²) in [7, 11) is 0. The predicted octanol–water partition coefficient (Wildman–Crippen LogP) is 5.10. The Morgan fingerprint density at radius 1 is 1.35 bits per heavy atom. The summed E-state index contributed by atoms with van der Waals surface area (Å²) in [6.45, 7) is 2.23. The number of rotatable bonds is 5. The molecule has 2 rings (SSSR count). The van der Waals surface area contributed by atoms with Gasteiger partial charge in [-0.2, -0.15) is 0 Å². The van der Waals surface area contributed by atoms with E-state index in [1.807, 2.05) is 0 Å². The minimum atomic E-state index is -0.283. The summed E-state index contributed by atoms with van der Waals surface area (Å²) in [5.74, 6) is 0.582. The number of hydrogen-bond acceptors (Lipinski definition) is 1. The Labute approximate surface area is 126 Å². The number of unbranched alkanes of at least 4 members (excludes halogenated alkanes) is 1. The fourth-order valence-electron chi connectivity index (χ4n) is 3.26. The lowest BCUT2D eigenvalue weighted by molar-refractivity contribution is 0.220. The molecule has 0 saturated heterocycles. The van der Waals surface area contributed by atoms with Gasteiger partial charge in [0.25, 0.3) is 0 Å². The molecule has 0 aliphatic heterocycles. The minimum Gasteiger partial charge on any atom is -0.325 e. The van der Waals surface area contributed by atoms with Crippen molar-refractivity contribution in [2.45, 2.75) is 63.8 Å². The number of benzene rings is 1. The lowest BCUT2D eigenvalue weighted by Gasteiger charge is -2.37. The van der Waals surface area contributed by atoms with Gasteiger partial charge in [-0.3, -0.25) is 0 Å². The molecule has 0 atom stereocenters. The van der Waals surface area contributed by atoms with Crippen molar-refractivity contribution in [3.8, 4) is 0 Å². The van der Waals surface area contributed by atoms with E-state index in [-0.39, 0.29) is 11.4 Å². The molecule has 0 radical (unpaired) electrons. The summed E-state index contributed by atoms with van der Waals surface area (Å²) in [5, 5.41) is 0.503. The van der Waals surface area contributed by atoms with E-state index in [1.54, 1.807) is 12.1 Å². The highest BCUT2D eigenvalue weighted by Gasteiger charge is 2.32. The van der Waals surface area contributed by atoms with E-state index >= 15 is 0 Å². The summed E-state index contributed by atoms with van der Waals surface area (Å²) >= 11 is 6.11. The molecular formula is C17H25ClFN. The van der Waals surface area contributed by atoms with Crippen LogP contribution in [0.2, 0.25) is 5.02 Å². The minimum absolute atomic E-state index is 0.226. The first kappa shape index (κ1) is 15.8. The Hall–Kier alpha value is -0.600. The van der Waals surface area contributed by atoms with Gasteiger partial charge < -0.3 is 5.73 Å². The normalized spacial score (nSPS) is 26.7. The molecule has 0 bridgehead atoms. The molecule has 1 nitrogen and oxygen atoms in total. The van der Waals surface area contributed by atoms with Crippen LogP contribution in [0.1, 0.15) is 57.4 Å². The quantitative estimate of drug-likeness (QED) is 0.804. The number of hydrogen-bond donors (Lipinski definition) is 1. The standard InChI is InChI=1S/C17H25ClFN/c1-2-3-5-13-8-10-17(20,11-9-13)12-14-15(18)6-4-7-16(14)19/h4,6-7,13H,2-3,5,8-12,20H2,1H3. The van der Waals surface area contributed by atoms with Gasteiger partial charge in [0.1, 0.15) is 5.82 Å². The zero-order chi connectivity index (χ0) is 14.6. The second-order valence-electron chi connectivity index (χ2n) is 6.32. The lowest BCUT2D eigenvalue weighted by atomic mass is 9.73. The molecule has 20 heavy (non-hydrogen) atoms. The van der Waals surface area contributed by atoms with Gasteiger partial charge in [0.05, 0.1) is 0 Å². The molecule has 0 heterocycles. The fourth-order valence-corrected chi connectivity index (χ4v) is 3.49. The van der Waals surface area contributed by atoms with Crippen molar-refractivity contribution in [3.63, 3.8) is 0 Å². The van der Waals surface area contributed by atoms with Crippen LogP contribution in [0.3, 0.4) is 0 Å².